The molecule has 0 amide bonds. The Hall–Kier alpha value is -6.31. The van der Waals surface area contributed by atoms with Crippen molar-refractivity contribution in [3.05, 3.63) is 163 Å². The molecule has 0 atom stereocenters. The van der Waals surface area contributed by atoms with E-state index in [0.717, 1.165) is 55.6 Å². The highest BCUT2D eigenvalue weighted by atomic mass is 15.1. The summed E-state index contributed by atoms with van der Waals surface area (Å²) < 4.78 is 2.25. The van der Waals surface area contributed by atoms with Crippen LogP contribution in [0.4, 0.5) is 0 Å². The van der Waals surface area contributed by atoms with Crippen LogP contribution in [-0.4, -0.2) is 14.5 Å². The highest BCUT2D eigenvalue weighted by molar-refractivity contribution is 6.11. The third-order valence-corrected chi connectivity index (χ3v) is 8.26. The van der Waals surface area contributed by atoms with Gasteiger partial charge in [-0.05, 0) is 70.8 Å². The molecule has 210 valence electrons. The van der Waals surface area contributed by atoms with Crippen LogP contribution < -0.4 is 0 Å². The van der Waals surface area contributed by atoms with Gasteiger partial charge in [-0.15, -0.1) is 0 Å². The van der Waals surface area contributed by atoms with Gasteiger partial charge in [0.2, 0.25) is 0 Å². The molecule has 0 radical (unpaired) electrons. The predicted molar refractivity (Wildman–Crippen MR) is 183 cm³/mol. The van der Waals surface area contributed by atoms with E-state index in [2.05, 4.69) is 114 Å². The van der Waals surface area contributed by atoms with E-state index in [0.29, 0.717) is 11.4 Å². The second kappa shape index (κ2) is 11.1. The van der Waals surface area contributed by atoms with Gasteiger partial charge in [-0.25, -0.2) is 9.97 Å². The Labute approximate surface area is 261 Å². The van der Waals surface area contributed by atoms with Crippen molar-refractivity contribution in [1.82, 2.24) is 14.5 Å². The van der Waals surface area contributed by atoms with Gasteiger partial charge in [-0.2, -0.15) is 5.26 Å². The molecule has 0 aliphatic rings. The molecule has 0 bridgehead atoms. The maximum absolute atomic E-state index is 9.36. The molecule has 4 heteroatoms. The van der Waals surface area contributed by atoms with Crippen molar-refractivity contribution in [2.75, 3.05) is 0 Å². The van der Waals surface area contributed by atoms with Crippen molar-refractivity contribution in [1.29, 1.82) is 5.26 Å². The molecule has 8 rings (SSSR count). The van der Waals surface area contributed by atoms with Gasteiger partial charge < -0.3 is 0 Å². The number of fused-ring (bicyclic) bond motifs is 3. The average Bonchev–Trinajstić information content (AvgIpc) is 3.45. The number of rotatable bonds is 5. The van der Waals surface area contributed by atoms with Crippen molar-refractivity contribution in [2.45, 2.75) is 0 Å². The summed E-state index contributed by atoms with van der Waals surface area (Å²) in [7, 11) is 0. The van der Waals surface area contributed by atoms with E-state index in [1.165, 1.54) is 11.1 Å². The summed E-state index contributed by atoms with van der Waals surface area (Å²) in [5.41, 5.74) is 10.1. The van der Waals surface area contributed by atoms with Gasteiger partial charge in [0, 0.05) is 28.0 Å². The molecule has 0 fully saturated rings. The molecule has 45 heavy (non-hydrogen) atoms. The molecule has 8 aromatic rings. The monoisotopic (exact) mass is 574 g/mol. The number of benzene rings is 6. The highest BCUT2D eigenvalue weighted by Gasteiger charge is 2.18. The Kier molecular flexibility index (Phi) is 6.48. The molecule has 6 aromatic carbocycles. The van der Waals surface area contributed by atoms with Gasteiger partial charge in [0.15, 0.2) is 5.82 Å². The first-order valence-corrected chi connectivity index (χ1v) is 14.9. The Balaban J connectivity index is 1.41. The molecule has 0 spiro atoms. The predicted octanol–water partition coefficient (Wildman–Crippen LogP) is 10.1. The molecule has 0 saturated carbocycles. The first-order valence-electron chi connectivity index (χ1n) is 14.9. The summed E-state index contributed by atoms with van der Waals surface area (Å²) in [5.74, 6) is 1.38. The number of aromatic nitrogens is 3. The van der Waals surface area contributed by atoms with Crippen molar-refractivity contribution in [2.24, 2.45) is 0 Å². The van der Waals surface area contributed by atoms with Gasteiger partial charge in [0.05, 0.1) is 28.4 Å². The van der Waals surface area contributed by atoms with E-state index < -0.39 is 0 Å². The summed E-state index contributed by atoms with van der Waals surface area (Å²) in [6.07, 6.45) is 0. The van der Waals surface area contributed by atoms with Crippen LogP contribution in [0.15, 0.2) is 158 Å². The normalized spacial score (nSPS) is 11.1. The lowest BCUT2D eigenvalue weighted by atomic mass is 10.0. The summed E-state index contributed by atoms with van der Waals surface area (Å²) in [4.78, 5) is 10.2. The topological polar surface area (TPSA) is 54.5 Å². The van der Waals surface area contributed by atoms with Gasteiger partial charge in [-0.3, -0.25) is 4.57 Å². The first-order chi connectivity index (χ1) is 22.2. The van der Waals surface area contributed by atoms with Crippen molar-refractivity contribution in [3.63, 3.8) is 0 Å². The zero-order valence-electron chi connectivity index (χ0n) is 24.3. The number of nitrogens with zero attached hydrogens (tertiary/aromatic N) is 4. The fourth-order valence-electron chi connectivity index (χ4n) is 6.02. The maximum Gasteiger partial charge on any atom is 0.162 e. The minimum atomic E-state index is 0.601. The SMILES string of the molecule is N#Cc1ccc(-c2nc(-c3ccccc3)cc(-n3c4ccc(-c5ccccc5)cc4c4cc(-c5ccccc5)ccc43)n2)cc1. The molecule has 0 aliphatic heterocycles. The number of hydrogen-bond donors (Lipinski definition) is 0. The second-order valence-electron chi connectivity index (χ2n) is 11.0. The molecule has 2 aromatic heterocycles. The number of hydrogen-bond acceptors (Lipinski definition) is 3. The van der Waals surface area contributed by atoms with Crippen LogP contribution in [0.25, 0.3) is 72.5 Å². The van der Waals surface area contributed by atoms with Crippen LogP contribution in [0.2, 0.25) is 0 Å². The van der Waals surface area contributed by atoms with E-state index in [1.807, 2.05) is 54.6 Å². The fraction of sp³-hybridized carbons (Fsp3) is 0. The minimum Gasteiger partial charge on any atom is -0.294 e. The van der Waals surface area contributed by atoms with Crippen LogP contribution in [-0.2, 0) is 0 Å². The van der Waals surface area contributed by atoms with Crippen LogP contribution >= 0.6 is 0 Å². The molecule has 0 unspecified atom stereocenters. The summed E-state index contributed by atoms with van der Waals surface area (Å²) >= 11 is 0. The average molecular weight is 575 g/mol. The molecule has 0 N–H and O–H groups in total. The summed E-state index contributed by atoms with van der Waals surface area (Å²) in [6.45, 7) is 0. The summed E-state index contributed by atoms with van der Waals surface area (Å²) in [5, 5.41) is 11.7. The third kappa shape index (κ3) is 4.83. The molecule has 0 saturated heterocycles. The largest absolute Gasteiger partial charge is 0.294 e. The smallest absolute Gasteiger partial charge is 0.162 e. The quantitative estimate of drug-likeness (QED) is 0.205. The fourth-order valence-corrected chi connectivity index (χ4v) is 6.02. The lowest BCUT2D eigenvalue weighted by molar-refractivity contribution is 1.05. The Bertz CT molecular complexity index is 2250. The third-order valence-electron chi connectivity index (χ3n) is 8.26. The molecule has 4 nitrogen and oxygen atoms in total. The molecular formula is C41H26N4. The zero-order chi connectivity index (χ0) is 30.2. The second-order valence-corrected chi connectivity index (χ2v) is 11.0. The Morgan fingerprint density at radius 1 is 0.444 bits per heavy atom. The van der Waals surface area contributed by atoms with E-state index in [9.17, 15) is 5.26 Å². The van der Waals surface area contributed by atoms with Gasteiger partial charge in [0.1, 0.15) is 5.82 Å². The van der Waals surface area contributed by atoms with Crippen LogP contribution in [0.3, 0.4) is 0 Å². The highest BCUT2D eigenvalue weighted by Crippen LogP contribution is 2.37. The lowest BCUT2D eigenvalue weighted by Gasteiger charge is -2.12. The molecular weight excluding hydrogens is 548 g/mol. The lowest BCUT2D eigenvalue weighted by Crippen LogP contribution is -2.02. The van der Waals surface area contributed by atoms with Crippen molar-refractivity contribution < 1.29 is 0 Å². The van der Waals surface area contributed by atoms with Gasteiger partial charge >= 0.3 is 0 Å². The van der Waals surface area contributed by atoms with Gasteiger partial charge in [0.25, 0.3) is 0 Å². The molecule has 2 heterocycles. The van der Waals surface area contributed by atoms with E-state index in [1.54, 1.807) is 0 Å². The molecule has 0 aliphatic carbocycles. The first kappa shape index (κ1) is 26.3. The summed E-state index contributed by atoms with van der Waals surface area (Å²) in [6, 6.07) is 56.3. The van der Waals surface area contributed by atoms with E-state index in [-0.39, 0.29) is 0 Å². The Morgan fingerprint density at radius 3 is 1.44 bits per heavy atom. The minimum absolute atomic E-state index is 0.601. The van der Waals surface area contributed by atoms with E-state index >= 15 is 0 Å². The van der Waals surface area contributed by atoms with Crippen molar-refractivity contribution >= 4 is 21.8 Å². The van der Waals surface area contributed by atoms with Crippen LogP contribution in [0, 0.1) is 11.3 Å². The van der Waals surface area contributed by atoms with E-state index in [4.69, 9.17) is 9.97 Å². The number of nitriles is 1. The standard InChI is InChI=1S/C41H26N4/c42-27-28-16-18-32(19-17-28)41-43-37(31-14-8-3-9-15-31)26-40(44-41)45-38-22-20-33(29-10-4-1-5-11-29)24-35(38)36-25-34(21-23-39(36)45)30-12-6-2-7-13-30/h1-26H. The maximum atomic E-state index is 9.36. The van der Waals surface area contributed by atoms with Gasteiger partial charge in [-0.1, -0.05) is 103 Å². The van der Waals surface area contributed by atoms with Crippen LogP contribution in [0.1, 0.15) is 5.56 Å². The Morgan fingerprint density at radius 2 is 0.933 bits per heavy atom. The van der Waals surface area contributed by atoms with Crippen molar-refractivity contribution in [3.8, 4) is 56.8 Å². The zero-order valence-corrected chi connectivity index (χ0v) is 24.3. The van der Waals surface area contributed by atoms with Crippen LogP contribution in [0.5, 0.6) is 0 Å².